The van der Waals surface area contributed by atoms with Crippen LogP contribution >= 0.6 is 0 Å². The first-order valence-corrected chi connectivity index (χ1v) is 5.30. The molecule has 2 rings (SSSR count). The number of carbonyl (C=O) groups excluding carboxylic acids is 1. The summed E-state index contributed by atoms with van der Waals surface area (Å²) in [4.78, 5) is 15.5. The van der Waals surface area contributed by atoms with E-state index >= 15 is 0 Å². The van der Waals surface area contributed by atoms with Gasteiger partial charge in [-0.25, -0.2) is 14.2 Å². The number of aryl methyl sites for hydroxylation is 1. The van der Waals surface area contributed by atoms with Crippen LogP contribution < -0.4 is 4.74 Å². The lowest BCUT2D eigenvalue weighted by Crippen LogP contribution is -2.03. The quantitative estimate of drug-likeness (QED) is 0.767. The van der Waals surface area contributed by atoms with Gasteiger partial charge in [-0.3, -0.25) is 0 Å². The highest BCUT2D eigenvalue weighted by Gasteiger charge is 2.14. The van der Waals surface area contributed by atoms with Gasteiger partial charge in [-0.2, -0.15) is 0 Å². The molecule has 18 heavy (non-hydrogen) atoms. The van der Waals surface area contributed by atoms with Gasteiger partial charge in [0, 0.05) is 17.1 Å². The van der Waals surface area contributed by atoms with Crippen molar-refractivity contribution in [3.63, 3.8) is 0 Å². The van der Waals surface area contributed by atoms with Crippen molar-refractivity contribution in [2.75, 3.05) is 14.2 Å². The van der Waals surface area contributed by atoms with E-state index < -0.39 is 11.8 Å². The average Bonchev–Trinajstić information content (AvgIpc) is 2.37. The Hall–Kier alpha value is -2.17. The molecular weight excluding hydrogens is 237 g/mol. The molecule has 94 valence electrons. The highest BCUT2D eigenvalue weighted by molar-refractivity contribution is 5.96. The molecule has 0 atom stereocenters. The molecule has 2 aromatic rings. The molecule has 0 amide bonds. The Kier molecular flexibility index (Phi) is 3.14. The number of carbonyl (C=O) groups is 1. The summed E-state index contributed by atoms with van der Waals surface area (Å²) in [7, 11) is 2.73. The van der Waals surface area contributed by atoms with Crippen molar-refractivity contribution in [2.24, 2.45) is 0 Å². The summed E-state index contributed by atoms with van der Waals surface area (Å²) in [6.07, 6.45) is 0. The highest BCUT2D eigenvalue weighted by atomic mass is 19.1. The zero-order valence-corrected chi connectivity index (χ0v) is 10.3. The molecule has 1 aromatic carbocycles. The third-order valence-electron chi connectivity index (χ3n) is 2.60. The third-order valence-corrected chi connectivity index (χ3v) is 2.60. The molecule has 0 saturated carbocycles. The topological polar surface area (TPSA) is 48.4 Å². The summed E-state index contributed by atoms with van der Waals surface area (Å²) in [6, 6.07) is 4.30. The molecule has 0 aliphatic heterocycles. The Morgan fingerprint density at radius 2 is 2.00 bits per heavy atom. The summed E-state index contributed by atoms with van der Waals surface area (Å²) in [5, 5.41) is 0.448. The van der Waals surface area contributed by atoms with E-state index in [0.717, 1.165) is 6.07 Å². The fraction of sp³-hybridized carbons (Fsp3) is 0.231. The van der Waals surface area contributed by atoms with Crippen LogP contribution in [0.2, 0.25) is 0 Å². The van der Waals surface area contributed by atoms with Gasteiger partial charge in [-0.05, 0) is 19.1 Å². The number of rotatable bonds is 2. The molecule has 1 aromatic heterocycles. The number of nitrogens with zero attached hydrogens (tertiary/aromatic N) is 1. The molecule has 0 saturated heterocycles. The summed E-state index contributed by atoms with van der Waals surface area (Å²) in [5.41, 5.74) is 0.954. The van der Waals surface area contributed by atoms with Crippen LogP contribution in [0.1, 0.15) is 16.1 Å². The minimum atomic E-state index is -0.599. The van der Waals surface area contributed by atoms with Crippen LogP contribution in [0, 0.1) is 12.7 Å². The van der Waals surface area contributed by atoms with Crippen molar-refractivity contribution >= 4 is 16.9 Å². The lowest BCUT2D eigenvalue weighted by atomic mass is 10.1. The van der Waals surface area contributed by atoms with Crippen LogP contribution in [0.3, 0.4) is 0 Å². The smallest absolute Gasteiger partial charge is 0.337 e. The standard InChI is InChI=1S/C13H12FNO3/c1-7-4-11(17-2)9-5-8(13(16)18-3)6-10(14)12(9)15-7/h4-6H,1-3H3. The van der Waals surface area contributed by atoms with Gasteiger partial charge in [-0.15, -0.1) is 0 Å². The van der Waals surface area contributed by atoms with Crippen molar-refractivity contribution in [3.05, 3.63) is 35.3 Å². The first-order valence-electron chi connectivity index (χ1n) is 5.30. The van der Waals surface area contributed by atoms with Crippen molar-refractivity contribution < 1.29 is 18.7 Å². The fourth-order valence-electron chi connectivity index (χ4n) is 1.78. The molecule has 0 spiro atoms. The summed E-state index contributed by atoms with van der Waals surface area (Å²) in [5.74, 6) is -0.699. The lowest BCUT2D eigenvalue weighted by molar-refractivity contribution is 0.0600. The molecule has 0 aliphatic rings. The monoisotopic (exact) mass is 249 g/mol. The molecule has 5 heteroatoms. The number of benzene rings is 1. The Morgan fingerprint density at radius 3 is 2.61 bits per heavy atom. The van der Waals surface area contributed by atoms with Gasteiger partial charge >= 0.3 is 5.97 Å². The normalized spacial score (nSPS) is 10.4. The van der Waals surface area contributed by atoms with Crippen LogP contribution in [0.4, 0.5) is 4.39 Å². The largest absolute Gasteiger partial charge is 0.496 e. The molecule has 4 nitrogen and oxygen atoms in total. The molecule has 1 heterocycles. The Bertz CT molecular complexity index is 625. The van der Waals surface area contributed by atoms with Gasteiger partial charge in [0.15, 0.2) is 0 Å². The SMILES string of the molecule is COC(=O)c1cc(F)c2nc(C)cc(OC)c2c1. The number of halogens is 1. The van der Waals surface area contributed by atoms with E-state index in [2.05, 4.69) is 9.72 Å². The summed E-state index contributed by atoms with van der Waals surface area (Å²) < 4.78 is 23.7. The maximum Gasteiger partial charge on any atom is 0.337 e. The van der Waals surface area contributed by atoms with Gasteiger partial charge < -0.3 is 9.47 Å². The number of esters is 1. The number of aromatic nitrogens is 1. The molecular formula is C13H12FNO3. The predicted molar refractivity (Wildman–Crippen MR) is 64.3 cm³/mol. The number of hydrogen-bond acceptors (Lipinski definition) is 4. The summed E-state index contributed by atoms with van der Waals surface area (Å²) >= 11 is 0. The van der Waals surface area contributed by atoms with Gasteiger partial charge in [0.1, 0.15) is 17.1 Å². The predicted octanol–water partition coefficient (Wildman–Crippen LogP) is 2.48. The van der Waals surface area contributed by atoms with E-state index in [-0.39, 0.29) is 11.1 Å². The van der Waals surface area contributed by atoms with Crippen molar-refractivity contribution in [3.8, 4) is 5.75 Å². The maximum atomic E-state index is 13.9. The minimum Gasteiger partial charge on any atom is -0.496 e. The first-order chi connectivity index (χ1) is 8.56. The van der Waals surface area contributed by atoms with Gasteiger partial charge in [0.25, 0.3) is 0 Å². The Morgan fingerprint density at radius 1 is 1.28 bits per heavy atom. The molecule has 0 unspecified atom stereocenters. The second-order valence-corrected chi connectivity index (χ2v) is 3.81. The molecule has 0 fully saturated rings. The molecule has 0 radical (unpaired) electrons. The van der Waals surface area contributed by atoms with Crippen molar-refractivity contribution in [1.29, 1.82) is 0 Å². The number of pyridine rings is 1. The van der Waals surface area contributed by atoms with Crippen molar-refractivity contribution in [1.82, 2.24) is 4.98 Å². The Labute approximate surface area is 103 Å². The van der Waals surface area contributed by atoms with Crippen LogP contribution in [-0.2, 0) is 4.74 Å². The van der Waals surface area contributed by atoms with Gasteiger partial charge in [-0.1, -0.05) is 0 Å². The number of fused-ring (bicyclic) bond motifs is 1. The Balaban J connectivity index is 2.78. The number of ether oxygens (including phenoxy) is 2. The van der Waals surface area contributed by atoms with Crippen LogP contribution in [-0.4, -0.2) is 25.2 Å². The van der Waals surface area contributed by atoms with Crippen LogP contribution in [0.15, 0.2) is 18.2 Å². The van der Waals surface area contributed by atoms with E-state index in [1.54, 1.807) is 13.0 Å². The third kappa shape index (κ3) is 1.99. The first kappa shape index (κ1) is 12.3. The molecule has 0 N–H and O–H groups in total. The molecule has 0 bridgehead atoms. The van der Waals surface area contributed by atoms with Crippen LogP contribution in [0.5, 0.6) is 5.75 Å². The van der Waals surface area contributed by atoms with E-state index in [4.69, 9.17) is 4.74 Å². The minimum absolute atomic E-state index is 0.131. The summed E-state index contributed by atoms with van der Waals surface area (Å²) in [6.45, 7) is 1.75. The van der Waals surface area contributed by atoms with Gasteiger partial charge in [0.2, 0.25) is 0 Å². The maximum absolute atomic E-state index is 13.9. The zero-order valence-electron chi connectivity index (χ0n) is 10.3. The van der Waals surface area contributed by atoms with E-state index in [1.165, 1.54) is 20.3 Å². The number of hydrogen-bond donors (Lipinski definition) is 0. The zero-order chi connectivity index (χ0) is 13.3. The second-order valence-electron chi connectivity index (χ2n) is 3.81. The molecule has 0 aliphatic carbocycles. The second kappa shape index (κ2) is 4.60. The fourth-order valence-corrected chi connectivity index (χ4v) is 1.78. The average molecular weight is 249 g/mol. The van der Waals surface area contributed by atoms with E-state index in [9.17, 15) is 9.18 Å². The van der Waals surface area contributed by atoms with Gasteiger partial charge in [0.05, 0.1) is 19.8 Å². The van der Waals surface area contributed by atoms with E-state index in [0.29, 0.717) is 16.8 Å². The van der Waals surface area contributed by atoms with E-state index in [1.807, 2.05) is 0 Å². The van der Waals surface area contributed by atoms with Crippen LogP contribution in [0.25, 0.3) is 10.9 Å². The highest BCUT2D eigenvalue weighted by Crippen LogP contribution is 2.28. The number of methoxy groups -OCH3 is 2. The van der Waals surface area contributed by atoms with Crippen molar-refractivity contribution in [2.45, 2.75) is 6.92 Å². The lowest BCUT2D eigenvalue weighted by Gasteiger charge is -2.08.